The lowest BCUT2D eigenvalue weighted by Gasteiger charge is -2.17. The zero-order chi connectivity index (χ0) is 23.0. The van der Waals surface area contributed by atoms with Crippen molar-refractivity contribution in [1.29, 1.82) is 0 Å². The highest BCUT2D eigenvalue weighted by atomic mass is 16.6. The first kappa shape index (κ1) is 22.3. The monoisotopic (exact) mass is 438 g/mol. The molecule has 4 rings (SSSR count). The number of aromatic nitrogens is 2. The SMILES string of the molecule is NCC(c1ccccc1)c1cc(CCCc2ccccc2)nc(-c2ccc([N+](=O)[O-])cc2)n1. The highest BCUT2D eigenvalue weighted by Gasteiger charge is 2.17. The summed E-state index contributed by atoms with van der Waals surface area (Å²) in [6.07, 6.45) is 2.72. The maximum Gasteiger partial charge on any atom is 0.269 e. The Labute approximate surface area is 193 Å². The molecule has 1 aromatic heterocycles. The Morgan fingerprint density at radius 1 is 0.848 bits per heavy atom. The first-order valence-corrected chi connectivity index (χ1v) is 11.1. The Hall–Kier alpha value is -3.90. The molecule has 0 amide bonds. The lowest BCUT2D eigenvalue weighted by atomic mass is 9.94. The van der Waals surface area contributed by atoms with Gasteiger partial charge in [-0.25, -0.2) is 9.97 Å². The third-order valence-electron chi connectivity index (χ3n) is 5.67. The molecule has 4 aromatic rings. The molecule has 33 heavy (non-hydrogen) atoms. The number of nitro groups is 1. The summed E-state index contributed by atoms with van der Waals surface area (Å²) in [5, 5.41) is 11.0. The predicted molar refractivity (Wildman–Crippen MR) is 130 cm³/mol. The standard InChI is InChI=1S/C27H26N4O2/c28-19-25(21-11-5-2-6-12-21)26-18-23(13-7-10-20-8-3-1-4-9-20)29-27(30-26)22-14-16-24(17-15-22)31(32)33/h1-6,8-9,11-12,14-18,25H,7,10,13,19,28H2. The lowest BCUT2D eigenvalue weighted by Crippen LogP contribution is -2.16. The molecule has 0 bridgehead atoms. The molecule has 0 fully saturated rings. The molecule has 0 aliphatic carbocycles. The van der Waals surface area contributed by atoms with Gasteiger partial charge < -0.3 is 5.73 Å². The summed E-state index contributed by atoms with van der Waals surface area (Å²) in [5.74, 6) is 0.505. The Bertz CT molecular complexity index is 1200. The van der Waals surface area contributed by atoms with Crippen LogP contribution in [0.4, 0.5) is 5.69 Å². The second-order valence-corrected chi connectivity index (χ2v) is 7.95. The third-order valence-corrected chi connectivity index (χ3v) is 5.67. The van der Waals surface area contributed by atoms with Crippen molar-refractivity contribution in [1.82, 2.24) is 9.97 Å². The van der Waals surface area contributed by atoms with Gasteiger partial charge in [-0.2, -0.15) is 0 Å². The van der Waals surface area contributed by atoms with E-state index < -0.39 is 4.92 Å². The second kappa shape index (κ2) is 10.6. The largest absolute Gasteiger partial charge is 0.329 e. The van der Waals surface area contributed by atoms with Gasteiger partial charge in [0.05, 0.1) is 10.6 Å². The number of nitrogens with two attached hydrogens (primary N) is 1. The van der Waals surface area contributed by atoms with Crippen molar-refractivity contribution >= 4 is 5.69 Å². The topological polar surface area (TPSA) is 94.9 Å². The quantitative estimate of drug-likeness (QED) is 0.282. The molecule has 6 nitrogen and oxygen atoms in total. The fourth-order valence-corrected chi connectivity index (χ4v) is 3.92. The van der Waals surface area contributed by atoms with Gasteiger partial charge in [0.15, 0.2) is 5.82 Å². The predicted octanol–water partition coefficient (Wildman–Crippen LogP) is 5.32. The first-order valence-electron chi connectivity index (χ1n) is 11.1. The van der Waals surface area contributed by atoms with Crippen LogP contribution in [0.15, 0.2) is 91.0 Å². The number of non-ortho nitro benzene ring substituents is 1. The van der Waals surface area contributed by atoms with E-state index in [2.05, 4.69) is 36.4 Å². The van der Waals surface area contributed by atoms with Gasteiger partial charge in [-0.1, -0.05) is 60.7 Å². The van der Waals surface area contributed by atoms with E-state index >= 15 is 0 Å². The number of hydrogen-bond donors (Lipinski definition) is 1. The van der Waals surface area contributed by atoms with E-state index in [1.807, 2.05) is 30.3 Å². The minimum atomic E-state index is -0.407. The molecule has 6 heteroatoms. The number of benzene rings is 3. The molecular formula is C27H26N4O2. The molecular weight excluding hydrogens is 412 g/mol. The minimum absolute atomic E-state index is 0.0436. The fourth-order valence-electron chi connectivity index (χ4n) is 3.92. The number of nitrogens with zero attached hydrogens (tertiary/aromatic N) is 3. The summed E-state index contributed by atoms with van der Waals surface area (Å²) in [4.78, 5) is 20.3. The third kappa shape index (κ3) is 5.67. The van der Waals surface area contributed by atoms with E-state index in [9.17, 15) is 10.1 Å². The molecule has 1 heterocycles. The summed E-state index contributed by atoms with van der Waals surface area (Å²) < 4.78 is 0. The maximum atomic E-state index is 11.0. The van der Waals surface area contributed by atoms with Crippen LogP contribution in [0.5, 0.6) is 0 Å². The molecule has 1 unspecified atom stereocenters. The van der Waals surface area contributed by atoms with Gasteiger partial charge >= 0.3 is 0 Å². The summed E-state index contributed by atoms with van der Waals surface area (Å²) in [6.45, 7) is 0.421. The van der Waals surface area contributed by atoms with Crippen molar-refractivity contribution in [2.75, 3.05) is 6.54 Å². The summed E-state index contributed by atoms with van der Waals surface area (Å²) in [6, 6.07) is 28.9. The van der Waals surface area contributed by atoms with E-state index in [0.29, 0.717) is 12.4 Å². The number of nitro benzene ring substituents is 1. The average molecular weight is 439 g/mol. The number of aryl methyl sites for hydroxylation is 2. The van der Waals surface area contributed by atoms with Crippen molar-refractivity contribution in [2.24, 2.45) is 5.73 Å². The van der Waals surface area contributed by atoms with Crippen LogP contribution in [-0.2, 0) is 12.8 Å². The molecule has 0 aliphatic heterocycles. The van der Waals surface area contributed by atoms with Crippen molar-refractivity contribution < 1.29 is 4.92 Å². The smallest absolute Gasteiger partial charge is 0.269 e. The van der Waals surface area contributed by atoms with Gasteiger partial charge in [-0.15, -0.1) is 0 Å². The van der Waals surface area contributed by atoms with E-state index in [1.54, 1.807) is 12.1 Å². The molecule has 1 atom stereocenters. The zero-order valence-electron chi connectivity index (χ0n) is 18.3. The molecule has 0 spiro atoms. The van der Waals surface area contributed by atoms with Gasteiger partial charge in [0, 0.05) is 35.9 Å². The van der Waals surface area contributed by atoms with Crippen LogP contribution in [0.25, 0.3) is 11.4 Å². The van der Waals surface area contributed by atoms with Crippen molar-refractivity contribution in [2.45, 2.75) is 25.2 Å². The summed E-state index contributed by atoms with van der Waals surface area (Å²) in [5.41, 5.74) is 11.2. The van der Waals surface area contributed by atoms with E-state index in [1.165, 1.54) is 17.7 Å². The summed E-state index contributed by atoms with van der Waals surface area (Å²) >= 11 is 0. The Morgan fingerprint density at radius 2 is 1.52 bits per heavy atom. The van der Waals surface area contributed by atoms with Gasteiger partial charge in [0.25, 0.3) is 5.69 Å². The van der Waals surface area contributed by atoms with Crippen LogP contribution in [0.2, 0.25) is 0 Å². The highest BCUT2D eigenvalue weighted by Crippen LogP contribution is 2.26. The number of rotatable bonds is 9. The normalized spacial score (nSPS) is 11.8. The minimum Gasteiger partial charge on any atom is -0.329 e. The first-order chi connectivity index (χ1) is 16.1. The molecule has 0 radical (unpaired) electrons. The molecule has 2 N–H and O–H groups in total. The molecule has 3 aromatic carbocycles. The van der Waals surface area contributed by atoms with Crippen LogP contribution in [0, 0.1) is 10.1 Å². The zero-order valence-corrected chi connectivity index (χ0v) is 18.3. The Morgan fingerprint density at radius 3 is 2.15 bits per heavy atom. The summed E-state index contributed by atoms with van der Waals surface area (Å²) in [7, 11) is 0. The van der Waals surface area contributed by atoms with Crippen LogP contribution in [-0.4, -0.2) is 21.4 Å². The molecule has 0 saturated heterocycles. The van der Waals surface area contributed by atoms with Crippen molar-refractivity contribution in [3.8, 4) is 11.4 Å². The maximum absolute atomic E-state index is 11.0. The van der Waals surface area contributed by atoms with Crippen LogP contribution in [0.1, 0.15) is 34.9 Å². The van der Waals surface area contributed by atoms with Crippen molar-refractivity contribution in [3.05, 3.63) is 124 Å². The molecule has 0 saturated carbocycles. The van der Waals surface area contributed by atoms with Crippen molar-refractivity contribution in [3.63, 3.8) is 0 Å². The van der Waals surface area contributed by atoms with E-state index in [4.69, 9.17) is 15.7 Å². The fraction of sp³-hybridized carbons (Fsp3) is 0.185. The molecule has 0 aliphatic rings. The van der Waals surface area contributed by atoms with Crippen LogP contribution < -0.4 is 5.73 Å². The van der Waals surface area contributed by atoms with Gasteiger partial charge in [0.1, 0.15) is 0 Å². The number of hydrogen-bond acceptors (Lipinski definition) is 5. The van der Waals surface area contributed by atoms with E-state index in [-0.39, 0.29) is 11.6 Å². The lowest BCUT2D eigenvalue weighted by molar-refractivity contribution is -0.384. The van der Waals surface area contributed by atoms with Gasteiger partial charge in [0.2, 0.25) is 0 Å². The Kier molecular flexibility index (Phi) is 7.17. The Balaban J connectivity index is 1.66. The van der Waals surface area contributed by atoms with Crippen LogP contribution in [0.3, 0.4) is 0 Å². The van der Waals surface area contributed by atoms with Gasteiger partial charge in [-0.05, 0) is 48.6 Å². The second-order valence-electron chi connectivity index (χ2n) is 7.95. The highest BCUT2D eigenvalue weighted by molar-refractivity contribution is 5.58. The molecule has 166 valence electrons. The van der Waals surface area contributed by atoms with Crippen LogP contribution >= 0.6 is 0 Å². The van der Waals surface area contributed by atoms with Gasteiger partial charge in [-0.3, -0.25) is 10.1 Å². The average Bonchev–Trinajstić information content (AvgIpc) is 2.86. The van der Waals surface area contributed by atoms with E-state index in [0.717, 1.165) is 41.8 Å².